The first kappa shape index (κ1) is 21.3. The number of anilines is 1. The topological polar surface area (TPSA) is 73.3 Å². The average molecular weight is 417 g/mol. The zero-order valence-corrected chi connectivity index (χ0v) is 15.9. The quantitative estimate of drug-likeness (QED) is 0.458. The Morgan fingerprint density at radius 3 is 2.63 bits per heavy atom. The van der Waals surface area contributed by atoms with Crippen molar-refractivity contribution in [2.75, 3.05) is 25.6 Å². The fourth-order valence-electron chi connectivity index (χ4n) is 2.55. The molecule has 0 saturated heterocycles. The van der Waals surface area contributed by atoms with E-state index in [-0.39, 0.29) is 24.7 Å². The minimum Gasteiger partial charge on any atom is -0.489 e. The summed E-state index contributed by atoms with van der Waals surface area (Å²) in [7, 11) is 1.47. The highest BCUT2D eigenvalue weighted by atomic mass is 19.4. The molecule has 0 aliphatic carbocycles. The number of carbonyl (C=O) groups is 1. The van der Waals surface area contributed by atoms with E-state index >= 15 is 0 Å². The van der Waals surface area contributed by atoms with Crippen molar-refractivity contribution in [1.82, 2.24) is 9.97 Å². The van der Waals surface area contributed by atoms with Gasteiger partial charge in [0.1, 0.15) is 12.4 Å². The van der Waals surface area contributed by atoms with Crippen molar-refractivity contribution < 1.29 is 27.4 Å². The number of nitrogens with zero attached hydrogens (tertiary/aromatic N) is 2. The molecule has 0 unspecified atom stereocenters. The van der Waals surface area contributed by atoms with Gasteiger partial charge in [-0.15, -0.1) is 0 Å². The zero-order chi connectivity index (χ0) is 21.6. The van der Waals surface area contributed by atoms with Crippen molar-refractivity contribution in [3.8, 4) is 5.75 Å². The van der Waals surface area contributed by atoms with E-state index in [1.165, 1.54) is 19.4 Å². The van der Waals surface area contributed by atoms with Crippen LogP contribution < -0.4 is 10.1 Å². The lowest BCUT2D eigenvalue weighted by molar-refractivity contribution is -0.137. The summed E-state index contributed by atoms with van der Waals surface area (Å²) < 4.78 is 49.4. The first-order valence-corrected chi connectivity index (χ1v) is 8.90. The van der Waals surface area contributed by atoms with E-state index in [2.05, 4.69) is 15.3 Å². The van der Waals surface area contributed by atoms with Crippen LogP contribution in [-0.4, -0.2) is 36.2 Å². The Bertz CT molecular complexity index is 1070. The molecule has 1 amide bonds. The Morgan fingerprint density at radius 1 is 1.13 bits per heavy atom. The van der Waals surface area contributed by atoms with Gasteiger partial charge in [0.05, 0.1) is 40.8 Å². The van der Waals surface area contributed by atoms with Gasteiger partial charge in [-0.05, 0) is 36.4 Å². The average Bonchev–Trinajstić information content (AvgIpc) is 2.72. The van der Waals surface area contributed by atoms with Crippen molar-refractivity contribution in [3.05, 3.63) is 66.0 Å². The molecule has 3 aromatic rings. The van der Waals surface area contributed by atoms with E-state index in [0.29, 0.717) is 16.7 Å². The maximum absolute atomic E-state index is 13.0. The molecule has 1 aromatic heterocycles. The predicted molar refractivity (Wildman–Crippen MR) is 106 cm³/mol. The van der Waals surface area contributed by atoms with Crippen LogP contribution in [0.1, 0.15) is 11.3 Å². The molecule has 0 bridgehead atoms. The number of halogens is 3. The number of methoxy groups -OCH3 is 1. The normalized spacial score (nSPS) is 11.7. The SMILES string of the molecule is COCCOc1ccc(C(F)(F)F)cc1NC(=O)/C=C/c1cnc2ccccc2n1. The lowest BCUT2D eigenvalue weighted by Crippen LogP contribution is -2.13. The number of nitrogens with one attached hydrogen (secondary N) is 1. The summed E-state index contributed by atoms with van der Waals surface area (Å²) in [5.41, 5.74) is 0.804. The van der Waals surface area contributed by atoms with Crippen molar-refractivity contribution in [2.45, 2.75) is 6.18 Å². The number of para-hydroxylation sites is 2. The molecule has 0 aliphatic rings. The van der Waals surface area contributed by atoms with Crippen LogP contribution in [0.4, 0.5) is 18.9 Å². The Morgan fingerprint density at radius 2 is 1.90 bits per heavy atom. The Hall–Kier alpha value is -3.46. The van der Waals surface area contributed by atoms with Crippen molar-refractivity contribution in [3.63, 3.8) is 0 Å². The van der Waals surface area contributed by atoms with Crippen LogP contribution >= 0.6 is 0 Å². The van der Waals surface area contributed by atoms with Crippen LogP contribution in [0, 0.1) is 0 Å². The molecular formula is C21H18F3N3O3. The minimum atomic E-state index is -4.55. The second-order valence-corrected chi connectivity index (χ2v) is 6.16. The van der Waals surface area contributed by atoms with Gasteiger partial charge in [-0.25, -0.2) is 4.98 Å². The van der Waals surface area contributed by atoms with Gasteiger partial charge in [-0.2, -0.15) is 13.2 Å². The molecule has 0 fully saturated rings. The van der Waals surface area contributed by atoms with Gasteiger partial charge in [0.15, 0.2) is 0 Å². The second-order valence-electron chi connectivity index (χ2n) is 6.16. The maximum atomic E-state index is 13.0. The summed E-state index contributed by atoms with van der Waals surface area (Å²) in [5, 5.41) is 2.42. The lowest BCUT2D eigenvalue weighted by atomic mass is 10.1. The number of hydrogen-bond acceptors (Lipinski definition) is 5. The number of fused-ring (bicyclic) bond motifs is 1. The van der Waals surface area contributed by atoms with Crippen LogP contribution in [0.15, 0.2) is 54.7 Å². The summed E-state index contributed by atoms with van der Waals surface area (Å²) in [6.07, 6.45) is -0.470. The third kappa shape index (κ3) is 5.54. The zero-order valence-electron chi connectivity index (χ0n) is 15.9. The van der Waals surface area contributed by atoms with Gasteiger partial charge in [0.25, 0.3) is 0 Å². The molecule has 9 heteroatoms. The summed E-state index contributed by atoms with van der Waals surface area (Å²) in [6, 6.07) is 10.1. The van der Waals surface area contributed by atoms with Crippen LogP contribution in [-0.2, 0) is 15.7 Å². The molecule has 1 N–H and O–H groups in total. The number of hydrogen-bond donors (Lipinski definition) is 1. The molecule has 0 atom stereocenters. The Kier molecular flexibility index (Phi) is 6.63. The number of ether oxygens (including phenoxy) is 2. The molecule has 30 heavy (non-hydrogen) atoms. The molecule has 2 aromatic carbocycles. The maximum Gasteiger partial charge on any atom is 0.416 e. The van der Waals surface area contributed by atoms with E-state index in [1.54, 1.807) is 12.1 Å². The van der Waals surface area contributed by atoms with Gasteiger partial charge in [0.2, 0.25) is 5.91 Å². The van der Waals surface area contributed by atoms with Crippen LogP contribution in [0.3, 0.4) is 0 Å². The number of carbonyl (C=O) groups excluding carboxylic acids is 1. The third-order valence-corrected chi connectivity index (χ3v) is 3.98. The number of alkyl halides is 3. The summed E-state index contributed by atoms with van der Waals surface area (Å²) in [4.78, 5) is 20.9. The highest BCUT2D eigenvalue weighted by Crippen LogP contribution is 2.35. The highest BCUT2D eigenvalue weighted by Gasteiger charge is 2.31. The molecular weight excluding hydrogens is 399 g/mol. The van der Waals surface area contributed by atoms with Gasteiger partial charge < -0.3 is 14.8 Å². The standard InChI is InChI=1S/C21H18F3N3O3/c1-29-10-11-30-19-8-6-14(21(22,23)24)12-18(19)27-20(28)9-7-15-13-25-16-4-2-3-5-17(16)26-15/h2-9,12-13H,10-11H2,1H3,(H,27,28)/b9-7+. The van der Waals surface area contributed by atoms with Crippen LogP contribution in [0.5, 0.6) is 5.75 Å². The van der Waals surface area contributed by atoms with E-state index in [1.807, 2.05) is 12.1 Å². The number of benzene rings is 2. The molecule has 3 rings (SSSR count). The third-order valence-electron chi connectivity index (χ3n) is 3.98. The van der Waals surface area contributed by atoms with Gasteiger partial charge in [-0.1, -0.05) is 12.1 Å². The van der Waals surface area contributed by atoms with Gasteiger partial charge in [-0.3, -0.25) is 9.78 Å². The molecule has 0 radical (unpaired) electrons. The Balaban J connectivity index is 1.78. The molecule has 0 spiro atoms. The van der Waals surface area contributed by atoms with Crippen molar-refractivity contribution in [1.29, 1.82) is 0 Å². The minimum absolute atomic E-state index is 0.0971. The fourth-order valence-corrected chi connectivity index (χ4v) is 2.55. The Labute approximate surface area is 170 Å². The van der Waals surface area contributed by atoms with Crippen molar-refractivity contribution >= 4 is 28.7 Å². The molecule has 6 nitrogen and oxygen atoms in total. The van der Waals surface area contributed by atoms with E-state index in [0.717, 1.165) is 24.3 Å². The van der Waals surface area contributed by atoms with Crippen LogP contribution in [0.2, 0.25) is 0 Å². The molecule has 0 aliphatic heterocycles. The van der Waals surface area contributed by atoms with E-state index in [4.69, 9.17) is 9.47 Å². The second kappa shape index (κ2) is 9.36. The fraction of sp³-hybridized carbons (Fsp3) is 0.190. The number of amides is 1. The van der Waals surface area contributed by atoms with Crippen LogP contribution in [0.25, 0.3) is 17.1 Å². The lowest BCUT2D eigenvalue weighted by Gasteiger charge is -2.14. The smallest absolute Gasteiger partial charge is 0.416 e. The van der Waals surface area contributed by atoms with Gasteiger partial charge >= 0.3 is 6.18 Å². The summed E-state index contributed by atoms with van der Waals surface area (Å²) >= 11 is 0. The predicted octanol–water partition coefficient (Wildman–Crippen LogP) is 4.33. The first-order chi connectivity index (χ1) is 14.4. The first-order valence-electron chi connectivity index (χ1n) is 8.90. The molecule has 156 valence electrons. The molecule has 0 saturated carbocycles. The summed E-state index contributed by atoms with van der Waals surface area (Å²) in [6.45, 7) is 0.363. The summed E-state index contributed by atoms with van der Waals surface area (Å²) in [5.74, 6) is -0.534. The number of rotatable bonds is 7. The van der Waals surface area contributed by atoms with Crippen molar-refractivity contribution in [2.24, 2.45) is 0 Å². The highest BCUT2D eigenvalue weighted by molar-refractivity contribution is 6.02. The number of aromatic nitrogens is 2. The largest absolute Gasteiger partial charge is 0.489 e. The van der Waals surface area contributed by atoms with E-state index in [9.17, 15) is 18.0 Å². The monoisotopic (exact) mass is 417 g/mol. The van der Waals surface area contributed by atoms with E-state index < -0.39 is 17.6 Å². The van der Waals surface area contributed by atoms with Gasteiger partial charge in [0, 0.05) is 13.2 Å². The molecule has 1 heterocycles.